The molecule has 7 heteroatoms. The number of halogens is 3. The van der Waals surface area contributed by atoms with Crippen LogP contribution in [0.25, 0.3) is 0 Å². The summed E-state index contributed by atoms with van der Waals surface area (Å²) >= 11 is 17.0. The summed E-state index contributed by atoms with van der Waals surface area (Å²) in [5.41, 5.74) is 0.845. The van der Waals surface area contributed by atoms with E-state index in [-0.39, 0.29) is 5.75 Å². The highest BCUT2D eigenvalue weighted by atomic mass is 35.6. The van der Waals surface area contributed by atoms with Crippen molar-refractivity contribution in [1.29, 1.82) is 0 Å². The first-order chi connectivity index (χ1) is 7.95. The van der Waals surface area contributed by atoms with E-state index in [1.54, 1.807) is 0 Å². The van der Waals surface area contributed by atoms with Crippen molar-refractivity contribution in [2.45, 2.75) is 14.9 Å². The van der Waals surface area contributed by atoms with Crippen LogP contribution in [-0.4, -0.2) is 19.8 Å². The van der Waals surface area contributed by atoms with Crippen LogP contribution in [0.1, 0.15) is 5.56 Å². The molecule has 0 saturated heterocycles. The highest BCUT2D eigenvalue weighted by Crippen LogP contribution is 2.32. The lowest BCUT2D eigenvalue weighted by Gasteiger charge is -2.22. The van der Waals surface area contributed by atoms with Crippen LogP contribution in [0.3, 0.4) is 0 Å². The van der Waals surface area contributed by atoms with Crippen molar-refractivity contribution in [1.82, 2.24) is 5.32 Å². The summed E-state index contributed by atoms with van der Waals surface area (Å²) in [6.07, 6.45) is 0.370. The van der Waals surface area contributed by atoms with Crippen LogP contribution in [0.15, 0.2) is 30.3 Å². The topological polar surface area (TPSA) is 46.2 Å². The Bertz CT molecular complexity index is 394. The maximum Gasteiger partial charge on any atom is 0.222 e. The average Bonchev–Trinajstić information content (AvgIpc) is 2.25. The smallest absolute Gasteiger partial charge is 0.222 e. The summed E-state index contributed by atoms with van der Waals surface area (Å²) < 4.78 is 10.2. The van der Waals surface area contributed by atoms with E-state index in [2.05, 4.69) is 5.32 Å². The van der Waals surface area contributed by atoms with Crippen molar-refractivity contribution in [3.05, 3.63) is 35.9 Å². The highest BCUT2D eigenvalue weighted by molar-refractivity contribution is 7.85. The van der Waals surface area contributed by atoms with Crippen LogP contribution in [-0.2, 0) is 21.3 Å². The minimum absolute atomic E-state index is 0.209. The molecule has 0 radical (unpaired) electrons. The third-order valence-corrected chi connectivity index (χ3v) is 4.61. The second-order valence-corrected chi connectivity index (χ2v) is 7.11. The molecule has 0 aromatic heterocycles. The number of nitrogens with one attached hydrogen (secondary N) is 1. The first-order valence-electron chi connectivity index (χ1n) is 4.62. The molecule has 0 bridgehead atoms. The van der Waals surface area contributed by atoms with Crippen LogP contribution in [0.5, 0.6) is 0 Å². The number of alkyl halides is 3. The van der Waals surface area contributed by atoms with E-state index >= 15 is 0 Å². The minimum Gasteiger partial charge on any atom is -0.341 e. The first kappa shape index (κ1) is 14.8. The molecule has 0 aliphatic carbocycles. The predicted octanol–water partition coefficient (Wildman–Crippen LogP) is 2.38. The van der Waals surface area contributed by atoms with Gasteiger partial charge in [0.1, 0.15) is 0 Å². The second kappa shape index (κ2) is 6.59. The van der Waals surface area contributed by atoms with Gasteiger partial charge in [-0.2, -0.15) is 0 Å². The van der Waals surface area contributed by atoms with Crippen LogP contribution < -0.4 is 5.32 Å². The molecule has 0 fully saturated rings. The summed E-state index contributed by atoms with van der Waals surface area (Å²) in [5.74, 6) is 0.209. The Balaban J connectivity index is 2.76. The molecule has 17 heavy (non-hydrogen) atoms. The van der Waals surface area contributed by atoms with E-state index in [1.807, 2.05) is 30.3 Å². The number of amides is 1. The second-order valence-electron chi connectivity index (χ2n) is 3.22. The SMILES string of the molecule is O=CN[C@@H]([S@@](=O)Cc1ccccc1)C(Cl)(Cl)Cl. The summed E-state index contributed by atoms with van der Waals surface area (Å²) in [6.45, 7) is 0. The number of hydrogen-bond donors (Lipinski definition) is 1. The molecule has 1 amide bonds. The summed E-state index contributed by atoms with van der Waals surface area (Å²) in [6, 6.07) is 9.12. The summed E-state index contributed by atoms with van der Waals surface area (Å²) in [4.78, 5) is 10.4. The normalized spacial score (nSPS) is 15.0. The first-order valence-corrected chi connectivity index (χ1v) is 7.14. The number of benzene rings is 1. The molecule has 0 unspecified atom stereocenters. The van der Waals surface area contributed by atoms with E-state index in [0.29, 0.717) is 6.41 Å². The average molecular weight is 315 g/mol. The molecule has 2 atom stereocenters. The van der Waals surface area contributed by atoms with Crippen molar-refractivity contribution in [3.8, 4) is 0 Å². The Hall–Kier alpha value is -0.290. The van der Waals surface area contributed by atoms with Gasteiger partial charge in [0.15, 0.2) is 5.37 Å². The maximum absolute atomic E-state index is 12.0. The van der Waals surface area contributed by atoms with Gasteiger partial charge in [0.2, 0.25) is 10.2 Å². The Kier molecular flexibility index (Phi) is 5.73. The van der Waals surface area contributed by atoms with Crippen molar-refractivity contribution >= 4 is 52.0 Å². The molecule has 0 aliphatic heterocycles. The van der Waals surface area contributed by atoms with Crippen molar-refractivity contribution < 1.29 is 9.00 Å². The number of carbonyl (C=O) groups excluding carboxylic acids is 1. The lowest BCUT2D eigenvalue weighted by molar-refractivity contribution is -0.109. The summed E-state index contributed by atoms with van der Waals surface area (Å²) in [7, 11) is -1.52. The minimum atomic E-state index is -1.81. The number of hydrogen-bond acceptors (Lipinski definition) is 2. The van der Waals surface area contributed by atoms with Gasteiger partial charge in [0.25, 0.3) is 0 Å². The zero-order valence-corrected chi connectivity index (χ0v) is 11.7. The van der Waals surface area contributed by atoms with Gasteiger partial charge >= 0.3 is 0 Å². The molecular weight excluding hydrogens is 305 g/mol. The van der Waals surface area contributed by atoms with E-state index in [9.17, 15) is 9.00 Å². The largest absolute Gasteiger partial charge is 0.341 e. The van der Waals surface area contributed by atoms with E-state index < -0.39 is 20.0 Å². The quantitative estimate of drug-likeness (QED) is 0.670. The van der Waals surface area contributed by atoms with Crippen LogP contribution >= 0.6 is 34.8 Å². The molecule has 94 valence electrons. The van der Waals surface area contributed by atoms with Crippen LogP contribution in [0, 0.1) is 0 Å². The predicted molar refractivity (Wildman–Crippen MR) is 71.6 cm³/mol. The van der Waals surface area contributed by atoms with Gasteiger partial charge in [0, 0.05) is 0 Å². The zero-order chi connectivity index (χ0) is 12.9. The van der Waals surface area contributed by atoms with Gasteiger partial charge < -0.3 is 5.32 Å². The van der Waals surface area contributed by atoms with E-state index in [0.717, 1.165) is 5.56 Å². The van der Waals surface area contributed by atoms with Gasteiger partial charge in [-0.25, -0.2) is 0 Å². The number of carbonyl (C=O) groups is 1. The zero-order valence-electron chi connectivity index (χ0n) is 8.61. The maximum atomic E-state index is 12.0. The molecule has 1 N–H and O–H groups in total. The lowest BCUT2D eigenvalue weighted by atomic mass is 10.2. The fourth-order valence-corrected chi connectivity index (χ4v) is 3.48. The van der Waals surface area contributed by atoms with Crippen LogP contribution in [0.4, 0.5) is 0 Å². The highest BCUT2D eigenvalue weighted by Gasteiger charge is 2.37. The van der Waals surface area contributed by atoms with Crippen LogP contribution in [0.2, 0.25) is 0 Å². The Labute approximate surface area is 117 Å². The third kappa shape index (κ3) is 4.84. The molecule has 0 aliphatic rings. The third-order valence-electron chi connectivity index (χ3n) is 1.93. The van der Waals surface area contributed by atoms with Gasteiger partial charge in [-0.3, -0.25) is 9.00 Å². The molecule has 1 rings (SSSR count). The standard InChI is InChI=1S/C10H10Cl3NO2S/c11-10(12,13)9(14-7-15)17(16)6-8-4-2-1-3-5-8/h1-5,7,9H,6H2,(H,14,15)/t9-,17-/m0/s1. The van der Waals surface area contributed by atoms with Gasteiger partial charge in [-0.05, 0) is 5.56 Å². The van der Waals surface area contributed by atoms with Crippen molar-refractivity contribution in [2.24, 2.45) is 0 Å². The van der Waals surface area contributed by atoms with Crippen molar-refractivity contribution in [2.75, 3.05) is 0 Å². The van der Waals surface area contributed by atoms with E-state index in [4.69, 9.17) is 34.8 Å². The Morgan fingerprint density at radius 1 is 1.29 bits per heavy atom. The fraction of sp³-hybridized carbons (Fsp3) is 0.300. The molecule has 0 spiro atoms. The van der Waals surface area contributed by atoms with Gasteiger partial charge in [-0.1, -0.05) is 65.1 Å². The number of rotatable bonds is 5. The molecule has 1 aromatic carbocycles. The van der Waals surface area contributed by atoms with E-state index in [1.165, 1.54) is 0 Å². The molecular formula is C10H10Cl3NO2S. The van der Waals surface area contributed by atoms with Crippen molar-refractivity contribution in [3.63, 3.8) is 0 Å². The lowest BCUT2D eigenvalue weighted by Crippen LogP contribution is -2.43. The molecule has 3 nitrogen and oxygen atoms in total. The molecule has 1 aromatic rings. The monoisotopic (exact) mass is 313 g/mol. The Morgan fingerprint density at radius 3 is 2.35 bits per heavy atom. The Morgan fingerprint density at radius 2 is 1.88 bits per heavy atom. The fourth-order valence-electron chi connectivity index (χ4n) is 1.20. The molecule has 0 saturated carbocycles. The molecule has 0 heterocycles. The van der Waals surface area contributed by atoms with Gasteiger partial charge in [0.05, 0.1) is 16.6 Å². The van der Waals surface area contributed by atoms with Gasteiger partial charge in [-0.15, -0.1) is 0 Å². The summed E-state index contributed by atoms with van der Waals surface area (Å²) in [5, 5.41) is 1.23.